The topological polar surface area (TPSA) is 54.0 Å². The van der Waals surface area contributed by atoms with Gasteiger partial charge >= 0.3 is 0 Å². The Kier molecular flexibility index (Phi) is 4.80. The van der Waals surface area contributed by atoms with E-state index in [0.717, 1.165) is 22.6 Å². The average molecular weight is 331 g/mol. The monoisotopic (exact) mass is 331 g/mol. The molecule has 1 aromatic heterocycles. The van der Waals surface area contributed by atoms with Gasteiger partial charge < -0.3 is 10.6 Å². The molecule has 25 heavy (non-hydrogen) atoms. The zero-order valence-corrected chi connectivity index (χ0v) is 14.6. The normalized spacial score (nSPS) is 10.4. The molecule has 126 valence electrons. The molecule has 0 spiro atoms. The Hall–Kier alpha value is -3.14. The summed E-state index contributed by atoms with van der Waals surface area (Å²) in [6.07, 6.45) is 1.64. The fraction of sp³-hybridized carbons (Fsp3) is 0.143. The summed E-state index contributed by atoms with van der Waals surface area (Å²) in [4.78, 5) is 16.7. The number of aryl methyl sites for hydroxylation is 3. The Morgan fingerprint density at radius 1 is 0.880 bits per heavy atom. The van der Waals surface area contributed by atoms with Gasteiger partial charge in [-0.2, -0.15) is 0 Å². The van der Waals surface area contributed by atoms with E-state index < -0.39 is 0 Å². The van der Waals surface area contributed by atoms with Crippen LogP contribution < -0.4 is 10.6 Å². The Morgan fingerprint density at radius 3 is 2.32 bits per heavy atom. The molecule has 0 unspecified atom stereocenters. The van der Waals surface area contributed by atoms with Crippen molar-refractivity contribution in [1.82, 2.24) is 4.98 Å². The molecule has 1 amide bonds. The lowest BCUT2D eigenvalue weighted by atomic mass is 10.1. The molecule has 0 saturated carbocycles. The number of pyridine rings is 1. The van der Waals surface area contributed by atoms with E-state index in [0.29, 0.717) is 5.69 Å². The number of aromatic nitrogens is 1. The first kappa shape index (κ1) is 16.7. The Bertz CT molecular complexity index is 898. The maximum atomic E-state index is 12.5. The van der Waals surface area contributed by atoms with Gasteiger partial charge in [-0.05, 0) is 67.8 Å². The third-order valence-corrected chi connectivity index (χ3v) is 3.90. The summed E-state index contributed by atoms with van der Waals surface area (Å²) in [5.41, 5.74) is 6.38. The number of amides is 1. The van der Waals surface area contributed by atoms with Crippen molar-refractivity contribution in [2.24, 2.45) is 0 Å². The predicted octanol–water partition coefficient (Wildman–Crippen LogP) is 5.00. The lowest BCUT2D eigenvalue weighted by molar-refractivity contribution is 0.102. The van der Waals surface area contributed by atoms with Gasteiger partial charge in [-0.1, -0.05) is 24.3 Å². The van der Waals surface area contributed by atoms with E-state index in [1.807, 2.05) is 37.3 Å². The number of nitrogens with zero attached hydrogens (tertiary/aromatic N) is 1. The minimum atomic E-state index is -0.224. The van der Waals surface area contributed by atoms with Crippen LogP contribution in [0.25, 0.3) is 0 Å². The third kappa shape index (κ3) is 4.23. The molecule has 2 N–H and O–H groups in total. The highest BCUT2D eigenvalue weighted by Crippen LogP contribution is 2.20. The van der Waals surface area contributed by atoms with E-state index in [1.54, 1.807) is 12.3 Å². The number of carbonyl (C=O) groups is 1. The lowest BCUT2D eigenvalue weighted by Gasteiger charge is -2.11. The summed E-state index contributed by atoms with van der Waals surface area (Å²) < 4.78 is 0. The minimum Gasteiger partial charge on any atom is -0.355 e. The van der Waals surface area contributed by atoms with Crippen LogP contribution in [0.2, 0.25) is 0 Å². The molecule has 4 nitrogen and oxygen atoms in total. The van der Waals surface area contributed by atoms with Crippen molar-refractivity contribution in [3.05, 3.63) is 83.2 Å². The fourth-order valence-electron chi connectivity index (χ4n) is 2.75. The molecule has 0 fully saturated rings. The quantitative estimate of drug-likeness (QED) is 0.707. The molecular weight excluding hydrogens is 310 g/mol. The van der Waals surface area contributed by atoms with Gasteiger partial charge in [0.2, 0.25) is 0 Å². The molecule has 2 aromatic carbocycles. The van der Waals surface area contributed by atoms with Crippen molar-refractivity contribution in [1.29, 1.82) is 0 Å². The summed E-state index contributed by atoms with van der Waals surface area (Å²) in [5, 5.41) is 6.24. The zero-order valence-electron chi connectivity index (χ0n) is 14.6. The summed E-state index contributed by atoms with van der Waals surface area (Å²) in [6, 6.07) is 17.5. The second-order valence-electron chi connectivity index (χ2n) is 6.20. The smallest absolute Gasteiger partial charge is 0.274 e. The molecule has 0 bridgehead atoms. The van der Waals surface area contributed by atoms with Gasteiger partial charge in [0.25, 0.3) is 5.91 Å². The first-order valence-corrected chi connectivity index (χ1v) is 8.19. The Morgan fingerprint density at radius 2 is 1.60 bits per heavy atom. The number of nitrogens with one attached hydrogen (secondary N) is 2. The molecule has 3 rings (SSSR count). The van der Waals surface area contributed by atoms with Gasteiger partial charge in [-0.3, -0.25) is 9.78 Å². The van der Waals surface area contributed by atoms with Crippen LogP contribution in [0.3, 0.4) is 0 Å². The van der Waals surface area contributed by atoms with Crippen LogP contribution in [0.15, 0.2) is 60.8 Å². The van der Waals surface area contributed by atoms with Crippen LogP contribution in [-0.2, 0) is 0 Å². The molecule has 0 aliphatic heterocycles. The van der Waals surface area contributed by atoms with Gasteiger partial charge in [0, 0.05) is 23.3 Å². The molecule has 0 saturated heterocycles. The van der Waals surface area contributed by atoms with Gasteiger partial charge in [0.15, 0.2) is 0 Å². The molecular formula is C21H21N3O. The van der Waals surface area contributed by atoms with Crippen LogP contribution in [0, 0.1) is 20.8 Å². The number of hydrogen-bond acceptors (Lipinski definition) is 3. The van der Waals surface area contributed by atoms with Gasteiger partial charge in [0.05, 0.1) is 0 Å². The number of benzene rings is 2. The van der Waals surface area contributed by atoms with E-state index in [4.69, 9.17) is 0 Å². The molecule has 4 heteroatoms. The van der Waals surface area contributed by atoms with Crippen LogP contribution in [0.4, 0.5) is 17.1 Å². The number of carbonyl (C=O) groups excluding carboxylic acids is 1. The predicted molar refractivity (Wildman–Crippen MR) is 103 cm³/mol. The summed E-state index contributed by atoms with van der Waals surface area (Å²) in [7, 11) is 0. The fourth-order valence-corrected chi connectivity index (χ4v) is 2.75. The zero-order chi connectivity index (χ0) is 17.8. The number of rotatable bonds is 4. The van der Waals surface area contributed by atoms with E-state index in [-0.39, 0.29) is 5.91 Å². The molecule has 0 radical (unpaired) electrons. The first-order valence-electron chi connectivity index (χ1n) is 8.19. The SMILES string of the molecule is Cc1cc(C)cc(Nc2ccnc(C(=O)Nc3ccccc3C)c2)c1. The highest BCUT2D eigenvalue weighted by atomic mass is 16.1. The summed E-state index contributed by atoms with van der Waals surface area (Å²) >= 11 is 0. The molecule has 0 aliphatic carbocycles. The molecule has 3 aromatic rings. The summed E-state index contributed by atoms with van der Waals surface area (Å²) in [5.74, 6) is -0.224. The maximum Gasteiger partial charge on any atom is 0.274 e. The maximum absolute atomic E-state index is 12.5. The molecule has 0 aliphatic rings. The van der Waals surface area contributed by atoms with Crippen LogP contribution in [-0.4, -0.2) is 10.9 Å². The highest BCUT2D eigenvalue weighted by molar-refractivity contribution is 6.03. The van der Waals surface area contributed by atoms with Crippen LogP contribution in [0.1, 0.15) is 27.2 Å². The lowest BCUT2D eigenvalue weighted by Crippen LogP contribution is -2.14. The van der Waals surface area contributed by atoms with Gasteiger partial charge in [-0.15, -0.1) is 0 Å². The van der Waals surface area contributed by atoms with Crippen LogP contribution in [0.5, 0.6) is 0 Å². The van der Waals surface area contributed by atoms with E-state index in [2.05, 4.69) is 47.7 Å². The Labute approximate surface area is 147 Å². The number of anilines is 3. The highest BCUT2D eigenvalue weighted by Gasteiger charge is 2.10. The Balaban J connectivity index is 1.79. The van der Waals surface area contributed by atoms with Crippen molar-refractivity contribution in [2.45, 2.75) is 20.8 Å². The van der Waals surface area contributed by atoms with Gasteiger partial charge in [0.1, 0.15) is 5.69 Å². The van der Waals surface area contributed by atoms with E-state index >= 15 is 0 Å². The number of hydrogen-bond donors (Lipinski definition) is 2. The largest absolute Gasteiger partial charge is 0.355 e. The van der Waals surface area contributed by atoms with Crippen molar-refractivity contribution in [3.63, 3.8) is 0 Å². The van der Waals surface area contributed by atoms with E-state index in [1.165, 1.54) is 11.1 Å². The summed E-state index contributed by atoms with van der Waals surface area (Å²) in [6.45, 7) is 6.08. The second kappa shape index (κ2) is 7.18. The van der Waals surface area contributed by atoms with Crippen molar-refractivity contribution < 1.29 is 4.79 Å². The third-order valence-electron chi connectivity index (χ3n) is 3.90. The van der Waals surface area contributed by atoms with E-state index in [9.17, 15) is 4.79 Å². The van der Waals surface area contributed by atoms with Gasteiger partial charge in [-0.25, -0.2) is 0 Å². The van der Waals surface area contributed by atoms with Crippen molar-refractivity contribution in [3.8, 4) is 0 Å². The van der Waals surface area contributed by atoms with Crippen LogP contribution >= 0.6 is 0 Å². The first-order chi connectivity index (χ1) is 12.0. The van der Waals surface area contributed by atoms with Crippen molar-refractivity contribution >= 4 is 23.0 Å². The molecule has 1 heterocycles. The van der Waals surface area contributed by atoms with Crippen molar-refractivity contribution in [2.75, 3.05) is 10.6 Å². The standard InChI is InChI=1S/C21H21N3O/c1-14-10-15(2)12-18(11-14)23-17-8-9-22-20(13-17)21(25)24-19-7-5-4-6-16(19)3/h4-13H,1-3H3,(H,22,23)(H,24,25). The second-order valence-corrected chi connectivity index (χ2v) is 6.20. The number of para-hydroxylation sites is 1. The minimum absolute atomic E-state index is 0.224. The average Bonchev–Trinajstić information content (AvgIpc) is 2.56. The molecule has 0 atom stereocenters.